The van der Waals surface area contributed by atoms with Crippen molar-refractivity contribution < 1.29 is 0 Å². The molecule has 0 bridgehead atoms. The summed E-state index contributed by atoms with van der Waals surface area (Å²) in [7, 11) is 0. The predicted molar refractivity (Wildman–Crippen MR) is 75.5 cm³/mol. The van der Waals surface area contributed by atoms with Gasteiger partial charge in [-0.2, -0.15) is 0 Å². The summed E-state index contributed by atoms with van der Waals surface area (Å²) >= 11 is 6.99. The van der Waals surface area contributed by atoms with Gasteiger partial charge >= 0.3 is 0 Å². The van der Waals surface area contributed by atoms with Crippen LogP contribution in [0.3, 0.4) is 0 Å². The van der Waals surface area contributed by atoms with Gasteiger partial charge in [-0.05, 0) is 29.7 Å². The first-order valence-electron chi connectivity index (χ1n) is 4.76. The standard InChI is InChI=1S/C11H15Br2N.ClH/c1-3-7(2)11(14)9-6-8(12)4-5-10(9)13;/h4-7,11H,3,14H2,1-2H3;1H/t7?,11-;/m0./s1. The average Bonchev–Trinajstić information content (AvgIpc) is 2.19. The second kappa shape index (κ2) is 6.89. The molecule has 1 unspecified atom stereocenters. The lowest BCUT2D eigenvalue weighted by Crippen LogP contribution is -2.18. The molecule has 0 fully saturated rings. The predicted octanol–water partition coefficient (Wildman–Crippen LogP) is 4.68. The van der Waals surface area contributed by atoms with Gasteiger partial charge in [-0.25, -0.2) is 0 Å². The van der Waals surface area contributed by atoms with E-state index in [4.69, 9.17) is 5.73 Å². The lowest BCUT2D eigenvalue weighted by molar-refractivity contribution is 0.455. The summed E-state index contributed by atoms with van der Waals surface area (Å²) in [5.41, 5.74) is 7.34. The van der Waals surface area contributed by atoms with Crippen LogP contribution in [0, 0.1) is 5.92 Å². The van der Waals surface area contributed by atoms with Crippen LogP contribution in [0.4, 0.5) is 0 Å². The quantitative estimate of drug-likeness (QED) is 0.835. The van der Waals surface area contributed by atoms with Crippen LogP contribution in [0.1, 0.15) is 31.9 Å². The van der Waals surface area contributed by atoms with Gasteiger partial charge in [0, 0.05) is 15.0 Å². The number of rotatable bonds is 3. The zero-order valence-electron chi connectivity index (χ0n) is 8.84. The SMILES string of the molecule is CCC(C)[C@H](N)c1cc(Br)ccc1Br.Cl. The summed E-state index contributed by atoms with van der Waals surface area (Å²) < 4.78 is 2.17. The highest BCUT2D eigenvalue weighted by Gasteiger charge is 2.15. The normalized spacial score (nSPS) is 14.2. The van der Waals surface area contributed by atoms with Crippen LogP contribution in [0.25, 0.3) is 0 Å². The van der Waals surface area contributed by atoms with E-state index in [-0.39, 0.29) is 18.4 Å². The molecule has 0 aliphatic carbocycles. The minimum Gasteiger partial charge on any atom is -0.324 e. The monoisotopic (exact) mass is 355 g/mol. The fourth-order valence-corrected chi connectivity index (χ4v) is 2.22. The Bertz CT molecular complexity index is 317. The summed E-state index contributed by atoms with van der Waals surface area (Å²) in [6, 6.07) is 6.23. The third-order valence-corrected chi connectivity index (χ3v) is 3.79. The van der Waals surface area contributed by atoms with Gasteiger partial charge in [0.2, 0.25) is 0 Å². The van der Waals surface area contributed by atoms with E-state index >= 15 is 0 Å². The van der Waals surface area contributed by atoms with Crippen molar-refractivity contribution in [2.45, 2.75) is 26.3 Å². The number of hydrogen-bond acceptors (Lipinski definition) is 1. The zero-order chi connectivity index (χ0) is 10.7. The smallest absolute Gasteiger partial charge is 0.0332 e. The fraction of sp³-hybridized carbons (Fsp3) is 0.455. The second-order valence-corrected chi connectivity index (χ2v) is 5.35. The Labute approximate surface area is 114 Å². The van der Waals surface area contributed by atoms with Crippen LogP contribution in [0.2, 0.25) is 0 Å². The molecule has 0 spiro atoms. The summed E-state index contributed by atoms with van der Waals surface area (Å²) in [5, 5.41) is 0. The van der Waals surface area contributed by atoms with Gasteiger partial charge in [-0.15, -0.1) is 12.4 Å². The van der Waals surface area contributed by atoms with E-state index in [1.54, 1.807) is 0 Å². The molecule has 1 aromatic rings. The molecule has 0 saturated heterocycles. The molecule has 4 heteroatoms. The molecule has 0 aliphatic heterocycles. The molecule has 2 N–H and O–H groups in total. The van der Waals surface area contributed by atoms with Crippen molar-refractivity contribution in [3.63, 3.8) is 0 Å². The molecule has 0 saturated carbocycles. The number of benzene rings is 1. The van der Waals surface area contributed by atoms with Gasteiger partial charge in [-0.3, -0.25) is 0 Å². The number of halogens is 3. The van der Waals surface area contributed by atoms with Gasteiger partial charge < -0.3 is 5.73 Å². The van der Waals surface area contributed by atoms with Gasteiger partial charge in [0.1, 0.15) is 0 Å². The molecule has 0 radical (unpaired) electrons. The molecule has 1 aromatic carbocycles. The van der Waals surface area contributed by atoms with Crippen molar-refractivity contribution in [2.24, 2.45) is 11.7 Å². The molecule has 0 heterocycles. The van der Waals surface area contributed by atoms with Crippen molar-refractivity contribution in [3.05, 3.63) is 32.7 Å². The van der Waals surface area contributed by atoms with E-state index < -0.39 is 0 Å². The van der Waals surface area contributed by atoms with Gasteiger partial charge in [0.25, 0.3) is 0 Å². The van der Waals surface area contributed by atoms with Crippen molar-refractivity contribution in [2.75, 3.05) is 0 Å². The highest BCUT2D eigenvalue weighted by molar-refractivity contribution is 9.11. The maximum Gasteiger partial charge on any atom is 0.0332 e. The molecule has 15 heavy (non-hydrogen) atoms. The van der Waals surface area contributed by atoms with Crippen molar-refractivity contribution in [1.29, 1.82) is 0 Å². The Balaban J connectivity index is 0.00000196. The minimum absolute atomic E-state index is 0. The highest BCUT2D eigenvalue weighted by atomic mass is 79.9. The van der Waals surface area contributed by atoms with Crippen molar-refractivity contribution >= 4 is 44.3 Å². The molecule has 0 aromatic heterocycles. The Hall–Kier alpha value is 0.430. The van der Waals surface area contributed by atoms with Crippen LogP contribution in [0.15, 0.2) is 27.1 Å². The summed E-state index contributed by atoms with van der Waals surface area (Å²) in [6.07, 6.45) is 1.10. The average molecular weight is 358 g/mol. The number of hydrogen-bond donors (Lipinski definition) is 1. The van der Waals surface area contributed by atoms with E-state index in [2.05, 4.69) is 51.8 Å². The Morgan fingerprint density at radius 2 is 1.93 bits per heavy atom. The maximum atomic E-state index is 6.17. The van der Waals surface area contributed by atoms with Crippen LogP contribution in [-0.2, 0) is 0 Å². The van der Waals surface area contributed by atoms with Crippen molar-refractivity contribution in [3.8, 4) is 0 Å². The minimum atomic E-state index is 0. The second-order valence-electron chi connectivity index (χ2n) is 3.58. The Morgan fingerprint density at radius 1 is 1.33 bits per heavy atom. The Morgan fingerprint density at radius 3 is 2.47 bits per heavy atom. The molecule has 0 aliphatic rings. The molecular weight excluding hydrogens is 341 g/mol. The first kappa shape index (κ1) is 15.4. The molecule has 2 atom stereocenters. The lowest BCUT2D eigenvalue weighted by Gasteiger charge is -2.20. The summed E-state index contributed by atoms with van der Waals surface area (Å²) in [6.45, 7) is 4.34. The first-order chi connectivity index (χ1) is 6.56. The highest BCUT2D eigenvalue weighted by Crippen LogP contribution is 2.30. The zero-order valence-corrected chi connectivity index (χ0v) is 12.8. The van der Waals surface area contributed by atoms with E-state index in [0.717, 1.165) is 15.4 Å². The summed E-state index contributed by atoms with van der Waals surface area (Å²) in [4.78, 5) is 0. The molecule has 1 nitrogen and oxygen atoms in total. The Kier molecular flexibility index (Phi) is 7.09. The maximum absolute atomic E-state index is 6.17. The van der Waals surface area contributed by atoms with Crippen LogP contribution in [-0.4, -0.2) is 0 Å². The van der Waals surface area contributed by atoms with E-state index in [1.165, 1.54) is 5.56 Å². The van der Waals surface area contributed by atoms with Crippen LogP contribution >= 0.6 is 44.3 Å². The molecular formula is C11H16Br2ClN. The number of nitrogens with two attached hydrogens (primary N) is 1. The first-order valence-corrected chi connectivity index (χ1v) is 6.35. The van der Waals surface area contributed by atoms with E-state index in [1.807, 2.05) is 12.1 Å². The third kappa shape index (κ3) is 4.06. The molecule has 1 rings (SSSR count). The van der Waals surface area contributed by atoms with E-state index in [9.17, 15) is 0 Å². The van der Waals surface area contributed by atoms with Gasteiger partial charge in [0.05, 0.1) is 0 Å². The molecule has 0 amide bonds. The van der Waals surface area contributed by atoms with Crippen molar-refractivity contribution in [1.82, 2.24) is 0 Å². The van der Waals surface area contributed by atoms with Crippen LogP contribution in [0.5, 0.6) is 0 Å². The summed E-state index contributed by atoms with van der Waals surface area (Å²) in [5.74, 6) is 0.501. The van der Waals surface area contributed by atoms with Gasteiger partial charge in [0.15, 0.2) is 0 Å². The topological polar surface area (TPSA) is 26.0 Å². The fourth-order valence-electron chi connectivity index (χ4n) is 1.33. The van der Waals surface area contributed by atoms with E-state index in [0.29, 0.717) is 5.92 Å². The van der Waals surface area contributed by atoms with Gasteiger partial charge in [-0.1, -0.05) is 52.1 Å². The largest absolute Gasteiger partial charge is 0.324 e. The van der Waals surface area contributed by atoms with Crippen LogP contribution < -0.4 is 5.73 Å². The lowest BCUT2D eigenvalue weighted by atomic mass is 9.93. The third-order valence-electron chi connectivity index (χ3n) is 2.57. The molecule has 86 valence electrons.